The molecule has 0 bridgehead atoms. The normalized spacial score (nSPS) is 24.0. The molecule has 0 aliphatic carbocycles. The summed E-state index contributed by atoms with van der Waals surface area (Å²) in [6, 6.07) is 3.95. The molecule has 0 aromatic carbocycles. The molecule has 98 valence electrons. The van der Waals surface area contributed by atoms with E-state index in [2.05, 4.69) is 16.8 Å². The number of rotatable bonds is 3. The Morgan fingerprint density at radius 3 is 3.06 bits per heavy atom. The number of nitrogens with zero attached hydrogens (tertiary/aromatic N) is 2. The zero-order valence-corrected chi connectivity index (χ0v) is 10.7. The lowest BCUT2D eigenvalue weighted by atomic mass is 9.90. The lowest BCUT2D eigenvalue weighted by Crippen LogP contribution is -2.47. The van der Waals surface area contributed by atoms with Gasteiger partial charge < -0.3 is 16.4 Å². The topological polar surface area (TPSA) is 85.2 Å². The highest BCUT2D eigenvalue weighted by Gasteiger charge is 2.25. The van der Waals surface area contributed by atoms with E-state index < -0.39 is 5.91 Å². The van der Waals surface area contributed by atoms with Crippen molar-refractivity contribution < 1.29 is 4.79 Å². The Bertz CT molecular complexity index is 435. The molecule has 1 fully saturated rings. The van der Waals surface area contributed by atoms with Gasteiger partial charge in [0.2, 0.25) is 0 Å². The molecule has 5 nitrogen and oxygen atoms in total. The smallest absolute Gasteiger partial charge is 0.267 e. The Balaban J connectivity index is 2.16. The van der Waals surface area contributed by atoms with Crippen LogP contribution in [0.15, 0.2) is 18.3 Å². The molecule has 4 N–H and O–H groups in total. The van der Waals surface area contributed by atoms with Gasteiger partial charge in [-0.25, -0.2) is 0 Å². The average Bonchev–Trinajstić information content (AvgIpc) is 2.39. The maximum absolute atomic E-state index is 11.1. The second-order valence-corrected chi connectivity index (χ2v) is 4.83. The molecule has 2 rings (SSSR count). The van der Waals surface area contributed by atoms with Gasteiger partial charge in [-0.05, 0) is 24.5 Å². The summed E-state index contributed by atoms with van der Waals surface area (Å²) in [6.07, 6.45) is 3.68. The van der Waals surface area contributed by atoms with Gasteiger partial charge in [0.15, 0.2) is 0 Å². The van der Waals surface area contributed by atoms with Crippen LogP contribution in [0, 0.1) is 5.92 Å². The highest BCUT2D eigenvalue weighted by Crippen LogP contribution is 2.24. The van der Waals surface area contributed by atoms with Gasteiger partial charge >= 0.3 is 0 Å². The largest absolute Gasteiger partial charge is 0.371 e. The molecule has 1 saturated heterocycles. The summed E-state index contributed by atoms with van der Waals surface area (Å²) < 4.78 is 0. The first-order valence-electron chi connectivity index (χ1n) is 6.38. The fraction of sp³-hybridized carbons (Fsp3) is 0.538. The first-order valence-corrected chi connectivity index (χ1v) is 6.38. The van der Waals surface area contributed by atoms with E-state index in [-0.39, 0.29) is 6.04 Å². The van der Waals surface area contributed by atoms with Crippen LogP contribution in [0.3, 0.4) is 0 Å². The van der Waals surface area contributed by atoms with Crippen molar-refractivity contribution in [1.29, 1.82) is 0 Å². The van der Waals surface area contributed by atoms with Gasteiger partial charge in [0.1, 0.15) is 5.69 Å². The number of primary amides is 1. The van der Waals surface area contributed by atoms with Crippen LogP contribution in [0.4, 0.5) is 5.69 Å². The summed E-state index contributed by atoms with van der Waals surface area (Å²) in [5, 5.41) is 0. The summed E-state index contributed by atoms with van der Waals surface area (Å²) in [6.45, 7) is 4.01. The predicted octanol–water partition coefficient (Wildman–Crippen LogP) is 0.744. The van der Waals surface area contributed by atoms with Crippen molar-refractivity contribution >= 4 is 11.6 Å². The third kappa shape index (κ3) is 2.61. The molecular formula is C13H20N4O. The number of nitrogens with two attached hydrogens (primary N) is 2. The Hall–Kier alpha value is -1.62. The fourth-order valence-corrected chi connectivity index (χ4v) is 2.47. The Morgan fingerprint density at radius 1 is 1.61 bits per heavy atom. The van der Waals surface area contributed by atoms with E-state index in [0.29, 0.717) is 11.6 Å². The minimum Gasteiger partial charge on any atom is -0.371 e. The standard InChI is InChI=1S/C13H20N4O/c1-2-9-8-17(6-4-11(9)14)10-3-5-16-12(7-10)13(15)18/h3,5,7,9,11H,2,4,6,8,14H2,1H3,(H2,15,18). The molecule has 1 aliphatic rings. The highest BCUT2D eigenvalue weighted by molar-refractivity contribution is 5.91. The van der Waals surface area contributed by atoms with Gasteiger partial charge in [-0.15, -0.1) is 0 Å². The number of hydrogen-bond donors (Lipinski definition) is 2. The number of hydrogen-bond acceptors (Lipinski definition) is 4. The molecule has 1 aliphatic heterocycles. The zero-order chi connectivity index (χ0) is 13.1. The lowest BCUT2D eigenvalue weighted by Gasteiger charge is -2.38. The molecule has 0 radical (unpaired) electrons. The molecule has 2 heterocycles. The Morgan fingerprint density at radius 2 is 2.39 bits per heavy atom. The molecule has 2 unspecified atom stereocenters. The first kappa shape index (κ1) is 12.8. The molecule has 1 aromatic heterocycles. The minimum absolute atomic E-state index is 0.281. The van der Waals surface area contributed by atoms with Crippen LogP contribution in [-0.4, -0.2) is 30.0 Å². The average molecular weight is 248 g/mol. The third-order valence-corrected chi connectivity index (χ3v) is 3.68. The van der Waals surface area contributed by atoms with Crippen molar-refractivity contribution in [2.24, 2.45) is 17.4 Å². The van der Waals surface area contributed by atoms with Crippen LogP contribution in [0.25, 0.3) is 0 Å². The highest BCUT2D eigenvalue weighted by atomic mass is 16.1. The van der Waals surface area contributed by atoms with E-state index in [9.17, 15) is 4.79 Å². The number of anilines is 1. The number of pyridine rings is 1. The number of amides is 1. The van der Waals surface area contributed by atoms with Gasteiger partial charge in [0.25, 0.3) is 5.91 Å². The number of aromatic nitrogens is 1. The molecule has 1 aromatic rings. The van der Waals surface area contributed by atoms with E-state index in [1.54, 1.807) is 12.3 Å². The molecule has 0 saturated carbocycles. The van der Waals surface area contributed by atoms with Crippen molar-refractivity contribution in [2.75, 3.05) is 18.0 Å². The van der Waals surface area contributed by atoms with Gasteiger partial charge in [-0.2, -0.15) is 0 Å². The second kappa shape index (κ2) is 5.35. The van der Waals surface area contributed by atoms with E-state index in [0.717, 1.165) is 31.6 Å². The predicted molar refractivity (Wildman–Crippen MR) is 71.3 cm³/mol. The number of carbonyl (C=O) groups excluding carboxylic acids is 1. The van der Waals surface area contributed by atoms with E-state index in [1.807, 2.05) is 6.07 Å². The summed E-state index contributed by atoms with van der Waals surface area (Å²) in [7, 11) is 0. The molecule has 2 atom stereocenters. The van der Waals surface area contributed by atoms with Gasteiger partial charge in [0, 0.05) is 31.0 Å². The van der Waals surface area contributed by atoms with Crippen molar-refractivity contribution in [3.8, 4) is 0 Å². The van der Waals surface area contributed by atoms with Crippen LogP contribution in [0.5, 0.6) is 0 Å². The summed E-state index contributed by atoms with van der Waals surface area (Å²) in [5.74, 6) is 0.0153. The summed E-state index contributed by atoms with van der Waals surface area (Å²) in [5.41, 5.74) is 12.7. The molecular weight excluding hydrogens is 228 g/mol. The summed E-state index contributed by atoms with van der Waals surface area (Å²) in [4.78, 5) is 17.3. The molecule has 18 heavy (non-hydrogen) atoms. The van der Waals surface area contributed by atoms with Crippen LogP contribution in [0.2, 0.25) is 0 Å². The maximum Gasteiger partial charge on any atom is 0.267 e. The Kier molecular flexibility index (Phi) is 3.81. The van der Waals surface area contributed by atoms with Gasteiger partial charge in [-0.1, -0.05) is 13.3 Å². The molecule has 0 spiro atoms. The van der Waals surface area contributed by atoms with Crippen LogP contribution in [-0.2, 0) is 0 Å². The SMILES string of the molecule is CCC1CN(c2ccnc(C(N)=O)c2)CCC1N. The number of carbonyl (C=O) groups is 1. The molecule has 1 amide bonds. The summed E-state index contributed by atoms with van der Waals surface area (Å²) >= 11 is 0. The quantitative estimate of drug-likeness (QED) is 0.826. The lowest BCUT2D eigenvalue weighted by molar-refractivity contribution is 0.0995. The van der Waals surface area contributed by atoms with Crippen LogP contribution < -0.4 is 16.4 Å². The van der Waals surface area contributed by atoms with E-state index >= 15 is 0 Å². The van der Waals surface area contributed by atoms with Crippen molar-refractivity contribution in [3.05, 3.63) is 24.0 Å². The van der Waals surface area contributed by atoms with Crippen molar-refractivity contribution in [3.63, 3.8) is 0 Å². The van der Waals surface area contributed by atoms with Crippen molar-refractivity contribution in [1.82, 2.24) is 4.98 Å². The van der Waals surface area contributed by atoms with Crippen LogP contribution in [0.1, 0.15) is 30.3 Å². The second-order valence-electron chi connectivity index (χ2n) is 4.83. The monoisotopic (exact) mass is 248 g/mol. The van der Waals surface area contributed by atoms with Crippen molar-refractivity contribution in [2.45, 2.75) is 25.8 Å². The van der Waals surface area contributed by atoms with Gasteiger partial charge in [0.05, 0.1) is 0 Å². The van der Waals surface area contributed by atoms with Crippen LogP contribution >= 0.6 is 0 Å². The Labute approximate surface area is 107 Å². The van der Waals surface area contributed by atoms with E-state index in [4.69, 9.17) is 11.5 Å². The maximum atomic E-state index is 11.1. The zero-order valence-electron chi connectivity index (χ0n) is 10.7. The minimum atomic E-state index is -0.488. The fourth-order valence-electron chi connectivity index (χ4n) is 2.47. The molecule has 5 heteroatoms. The first-order chi connectivity index (χ1) is 8.61. The number of piperidine rings is 1. The van der Waals surface area contributed by atoms with E-state index in [1.165, 1.54) is 0 Å². The third-order valence-electron chi connectivity index (χ3n) is 3.68. The van der Waals surface area contributed by atoms with Gasteiger partial charge in [-0.3, -0.25) is 9.78 Å².